The summed E-state index contributed by atoms with van der Waals surface area (Å²) in [6, 6.07) is -0.738. The van der Waals surface area contributed by atoms with Crippen molar-refractivity contribution in [3.63, 3.8) is 0 Å². The van der Waals surface area contributed by atoms with E-state index in [0.717, 1.165) is 24.5 Å². The number of carbonyl (C=O) groups is 3. The molecule has 4 rings (SSSR count). The third-order valence-corrected chi connectivity index (χ3v) is 6.33. The van der Waals surface area contributed by atoms with Gasteiger partial charge in [-0.1, -0.05) is 12.2 Å². The Hall–Kier alpha value is -3.17. The van der Waals surface area contributed by atoms with Crippen LogP contribution in [0.15, 0.2) is 18.2 Å². The van der Waals surface area contributed by atoms with Crippen molar-refractivity contribution in [2.24, 2.45) is 0 Å². The molecule has 0 aromatic heterocycles. The molecule has 0 radical (unpaired) electrons. The van der Waals surface area contributed by atoms with E-state index in [9.17, 15) is 18.8 Å². The number of ether oxygens (including phenoxy) is 3. The molecule has 2 heterocycles. The van der Waals surface area contributed by atoms with E-state index >= 15 is 4.39 Å². The Morgan fingerprint density at radius 2 is 1.89 bits per heavy atom. The third kappa shape index (κ3) is 5.17. The lowest BCUT2D eigenvalue weighted by Crippen LogP contribution is -2.49. The zero-order chi connectivity index (χ0) is 26.4. The van der Waals surface area contributed by atoms with Gasteiger partial charge < -0.3 is 19.1 Å². The van der Waals surface area contributed by atoms with Crippen LogP contribution in [0.2, 0.25) is 0 Å². The van der Waals surface area contributed by atoms with Crippen molar-refractivity contribution < 1.29 is 37.4 Å². The molecule has 1 unspecified atom stereocenters. The maximum absolute atomic E-state index is 15.2. The minimum Gasteiger partial charge on any atom is -0.486 e. The molecular weight excluding hydrogens is 474 g/mol. The van der Waals surface area contributed by atoms with Crippen LogP contribution in [0.5, 0.6) is 5.75 Å². The fourth-order valence-corrected chi connectivity index (χ4v) is 4.70. The summed E-state index contributed by atoms with van der Waals surface area (Å²) in [4.78, 5) is 41.4. The number of rotatable bonds is 6. The van der Waals surface area contributed by atoms with Gasteiger partial charge in [-0.2, -0.15) is 4.39 Å². The van der Waals surface area contributed by atoms with E-state index in [1.165, 1.54) is 4.90 Å². The smallest absolute Gasteiger partial charge is 0.410 e. The van der Waals surface area contributed by atoms with Gasteiger partial charge in [-0.15, -0.1) is 0 Å². The Bertz CT molecular complexity index is 1090. The van der Waals surface area contributed by atoms with Crippen LogP contribution in [-0.4, -0.2) is 66.2 Å². The second kappa shape index (κ2) is 9.71. The number of anilines is 1. The average molecular weight is 507 g/mol. The molecule has 1 saturated carbocycles. The van der Waals surface area contributed by atoms with Crippen LogP contribution in [-0.2, 0) is 14.3 Å². The van der Waals surface area contributed by atoms with Crippen LogP contribution in [0, 0.1) is 11.6 Å². The molecule has 1 aliphatic carbocycles. The van der Waals surface area contributed by atoms with Gasteiger partial charge in [0.2, 0.25) is 5.82 Å². The molecule has 2 atom stereocenters. The number of likely N-dealkylation sites (tertiary alicyclic amines) is 1. The lowest BCUT2D eigenvalue weighted by Gasteiger charge is -2.38. The van der Waals surface area contributed by atoms with Gasteiger partial charge >= 0.3 is 12.1 Å². The summed E-state index contributed by atoms with van der Waals surface area (Å²) >= 11 is 0. The molecule has 1 saturated heterocycles. The number of hydrogen-bond donors (Lipinski definition) is 0. The normalized spacial score (nSPS) is 21.9. The Morgan fingerprint density at radius 3 is 2.50 bits per heavy atom. The van der Waals surface area contributed by atoms with Crippen molar-refractivity contribution in [1.29, 1.82) is 0 Å². The first-order chi connectivity index (χ1) is 16.9. The number of carbonyl (C=O) groups excluding carboxylic acids is 3. The summed E-state index contributed by atoms with van der Waals surface area (Å²) in [5.41, 5.74) is 0.0869. The van der Waals surface area contributed by atoms with Crippen LogP contribution in [0.4, 0.5) is 19.3 Å². The second-order valence-corrected chi connectivity index (χ2v) is 10.5. The van der Waals surface area contributed by atoms with E-state index in [2.05, 4.69) is 6.58 Å². The maximum atomic E-state index is 15.2. The van der Waals surface area contributed by atoms with Gasteiger partial charge in [-0.3, -0.25) is 9.69 Å². The van der Waals surface area contributed by atoms with E-state index in [1.54, 1.807) is 32.6 Å². The third-order valence-electron chi connectivity index (χ3n) is 6.33. The fraction of sp³-hybridized carbons (Fsp3) is 0.577. The van der Waals surface area contributed by atoms with Crippen molar-refractivity contribution in [3.8, 4) is 5.75 Å². The van der Waals surface area contributed by atoms with Gasteiger partial charge in [0.25, 0.3) is 0 Å². The Kier molecular flexibility index (Phi) is 6.99. The van der Waals surface area contributed by atoms with E-state index in [1.807, 2.05) is 0 Å². The number of Topliss-reactive ketones (excluding diaryl/α,β-unsaturated/α-hetero) is 1. The number of hydrogen-bond acceptors (Lipinski definition) is 7. The highest BCUT2D eigenvalue weighted by Crippen LogP contribution is 2.47. The van der Waals surface area contributed by atoms with Crippen LogP contribution in [0.1, 0.15) is 63.7 Å². The molecule has 0 bridgehead atoms. The second-order valence-electron chi connectivity index (χ2n) is 10.5. The molecule has 196 valence electrons. The van der Waals surface area contributed by atoms with E-state index in [0.29, 0.717) is 6.42 Å². The van der Waals surface area contributed by atoms with Crippen LogP contribution >= 0.6 is 0 Å². The first-order valence-electron chi connectivity index (χ1n) is 12.2. The fourth-order valence-electron chi connectivity index (χ4n) is 4.70. The average Bonchev–Trinajstić information content (AvgIpc) is 3.54. The van der Waals surface area contributed by atoms with E-state index in [-0.39, 0.29) is 43.5 Å². The zero-order valence-electron chi connectivity index (χ0n) is 21.1. The van der Waals surface area contributed by atoms with Gasteiger partial charge in [0.05, 0.1) is 18.3 Å². The highest BCUT2D eigenvalue weighted by atomic mass is 19.2. The number of ketones is 1. The number of fused-ring (bicyclic) bond motifs is 1. The van der Waals surface area contributed by atoms with Gasteiger partial charge in [-0.25, -0.2) is 14.0 Å². The molecule has 10 heteroatoms. The number of amides is 1. The highest BCUT2D eigenvalue weighted by Gasteiger charge is 2.47. The SMILES string of the molecule is C=C1C[C@@H](COc2c(F)c(F)cc3c2N(C2CC2)C(C(=O)OCC)CC3=O)N(C(=O)OC(C)(C)C)C1. The monoisotopic (exact) mass is 506 g/mol. The quantitative estimate of drug-likeness (QED) is 0.418. The molecule has 3 aliphatic rings. The predicted octanol–water partition coefficient (Wildman–Crippen LogP) is 4.40. The van der Waals surface area contributed by atoms with Crippen LogP contribution < -0.4 is 9.64 Å². The number of benzene rings is 1. The summed E-state index contributed by atoms with van der Waals surface area (Å²) in [5, 5.41) is 0. The van der Waals surface area contributed by atoms with Crippen molar-refractivity contribution in [2.75, 3.05) is 24.7 Å². The summed E-state index contributed by atoms with van der Waals surface area (Å²) in [6.07, 6.45) is 1.11. The largest absolute Gasteiger partial charge is 0.486 e. The van der Waals surface area contributed by atoms with Crippen molar-refractivity contribution >= 4 is 23.5 Å². The van der Waals surface area contributed by atoms with E-state index in [4.69, 9.17) is 14.2 Å². The standard InChI is InChI=1S/C26H32F2N2O6/c1-6-34-24(32)19-11-20(31)17-10-18(27)21(28)23(22(17)30(19)15-7-8-15)35-13-16-9-14(2)12-29(16)25(33)36-26(3,4)5/h10,15-16,19H,2,6-9,11-13H2,1,3-5H3/t16-,19?/m0/s1. The summed E-state index contributed by atoms with van der Waals surface area (Å²) in [5.74, 6) is -4.00. The summed E-state index contributed by atoms with van der Waals surface area (Å²) < 4.78 is 46.3. The summed E-state index contributed by atoms with van der Waals surface area (Å²) in [6.45, 7) is 11.1. The Morgan fingerprint density at radius 1 is 1.19 bits per heavy atom. The number of esters is 1. The Balaban J connectivity index is 1.67. The zero-order valence-corrected chi connectivity index (χ0v) is 21.1. The molecule has 0 N–H and O–H groups in total. The number of halogens is 2. The van der Waals surface area contributed by atoms with Crippen LogP contribution in [0.25, 0.3) is 0 Å². The number of nitrogens with zero attached hydrogens (tertiary/aromatic N) is 2. The molecule has 1 aromatic carbocycles. The lowest BCUT2D eigenvalue weighted by molar-refractivity contribution is -0.144. The van der Waals surface area contributed by atoms with Gasteiger partial charge in [0.1, 0.15) is 18.2 Å². The predicted molar refractivity (Wildman–Crippen MR) is 127 cm³/mol. The van der Waals surface area contributed by atoms with Gasteiger partial charge in [-0.05, 0) is 53.0 Å². The molecule has 2 aliphatic heterocycles. The van der Waals surface area contributed by atoms with Crippen molar-refractivity contribution in [2.45, 2.75) is 77.1 Å². The minimum absolute atomic E-state index is 0.0313. The van der Waals surface area contributed by atoms with Gasteiger partial charge in [0, 0.05) is 24.6 Å². The first kappa shape index (κ1) is 25.9. The molecule has 8 nitrogen and oxygen atoms in total. The topological polar surface area (TPSA) is 85.4 Å². The van der Waals surface area contributed by atoms with Crippen molar-refractivity contribution in [3.05, 3.63) is 35.4 Å². The molecule has 0 spiro atoms. The Labute approximate surface area is 209 Å². The highest BCUT2D eigenvalue weighted by molar-refractivity contribution is 6.08. The lowest BCUT2D eigenvalue weighted by atomic mass is 9.93. The van der Waals surface area contributed by atoms with E-state index < -0.39 is 52.9 Å². The maximum Gasteiger partial charge on any atom is 0.410 e. The molecule has 1 amide bonds. The summed E-state index contributed by atoms with van der Waals surface area (Å²) in [7, 11) is 0. The van der Waals surface area contributed by atoms with Crippen molar-refractivity contribution in [1.82, 2.24) is 4.90 Å². The molecular formula is C26H32F2N2O6. The molecule has 1 aromatic rings. The van der Waals surface area contributed by atoms with Gasteiger partial charge in [0.15, 0.2) is 17.3 Å². The first-order valence-corrected chi connectivity index (χ1v) is 12.2. The van der Waals surface area contributed by atoms with Crippen LogP contribution in [0.3, 0.4) is 0 Å². The minimum atomic E-state index is -1.25. The molecule has 2 fully saturated rings. The molecule has 36 heavy (non-hydrogen) atoms.